The van der Waals surface area contributed by atoms with Crippen molar-refractivity contribution in [3.8, 4) is 5.75 Å². The van der Waals surface area contributed by atoms with Crippen molar-refractivity contribution in [2.45, 2.75) is 24.3 Å². The van der Waals surface area contributed by atoms with Gasteiger partial charge in [-0.2, -0.15) is 5.10 Å². The molecule has 0 aliphatic heterocycles. The van der Waals surface area contributed by atoms with Crippen LogP contribution in [0.15, 0.2) is 65.1 Å². The molecule has 29 heavy (non-hydrogen) atoms. The number of ether oxygens (including phenoxy) is 1. The van der Waals surface area contributed by atoms with Crippen LogP contribution in [0.4, 0.5) is 0 Å². The molecule has 0 spiro atoms. The maximum atomic E-state index is 12.3. The van der Waals surface area contributed by atoms with Crippen molar-refractivity contribution in [2.75, 3.05) is 7.11 Å². The minimum atomic E-state index is -0.230. The standard InChI is InChI=1S/C21H23N5O2S/c1-15(12-16-6-10-19(28-3)11-7-16)23-24-20(27)18-8-4-17(5-9-18)13-29-21-25-22-14-26(21)2/h4-11,14H,12-13H2,1-3H3,(H,24,27)/b23-15-. The Morgan fingerprint density at radius 2 is 1.83 bits per heavy atom. The van der Waals surface area contributed by atoms with Crippen molar-refractivity contribution in [1.29, 1.82) is 0 Å². The summed E-state index contributed by atoms with van der Waals surface area (Å²) in [7, 11) is 3.55. The van der Waals surface area contributed by atoms with Crippen LogP contribution in [0.5, 0.6) is 5.75 Å². The summed E-state index contributed by atoms with van der Waals surface area (Å²) in [5, 5.41) is 13.0. The van der Waals surface area contributed by atoms with Gasteiger partial charge in [0.15, 0.2) is 5.16 Å². The van der Waals surface area contributed by atoms with Crippen LogP contribution in [0.3, 0.4) is 0 Å². The van der Waals surface area contributed by atoms with Crippen LogP contribution < -0.4 is 10.2 Å². The fourth-order valence-corrected chi connectivity index (χ4v) is 3.44. The van der Waals surface area contributed by atoms with E-state index in [1.165, 1.54) is 0 Å². The molecule has 0 saturated heterocycles. The second kappa shape index (κ2) is 9.88. The zero-order valence-electron chi connectivity index (χ0n) is 16.6. The lowest BCUT2D eigenvalue weighted by molar-refractivity contribution is 0.0954. The summed E-state index contributed by atoms with van der Waals surface area (Å²) in [6.45, 7) is 1.89. The number of rotatable bonds is 8. The highest BCUT2D eigenvalue weighted by Gasteiger charge is 2.07. The highest BCUT2D eigenvalue weighted by atomic mass is 32.2. The van der Waals surface area contributed by atoms with Crippen LogP contribution in [-0.4, -0.2) is 33.5 Å². The van der Waals surface area contributed by atoms with E-state index in [0.717, 1.165) is 33.5 Å². The van der Waals surface area contributed by atoms with Crippen LogP contribution in [-0.2, 0) is 19.2 Å². The number of carbonyl (C=O) groups is 1. The average Bonchev–Trinajstić information content (AvgIpc) is 3.16. The van der Waals surface area contributed by atoms with Gasteiger partial charge in [-0.25, -0.2) is 5.43 Å². The Labute approximate surface area is 174 Å². The highest BCUT2D eigenvalue weighted by Crippen LogP contribution is 2.20. The van der Waals surface area contributed by atoms with Gasteiger partial charge in [-0.15, -0.1) is 10.2 Å². The van der Waals surface area contributed by atoms with Gasteiger partial charge in [0, 0.05) is 30.5 Å². The molecule has 1 aromatic heterocycles. The van der Waals surface area contributed by atoms with Gasteiger partial charge in [-0.1, -0.05) is 36.0 Å². The average molecular weight is 410 g/mol. The quantitative estimate of drug-likeness (QED) is 0.350. The number of aromatic nitrogens is 3. The number of methoxy groups -OCH3 is 1. The molecule has 1 N–H and O–H groups in total. The number of thioether (sulfide) groups is 1. The minimum Gasteiger partial charge on any atom is -0.497 e. The summed E-state index contributed by atoms with van der Waals surface area (Å²) in [5.41, 5.74) is 6.22. The maximum absolute atomic E-state index is 12.3. The van der Waals surface area contributed by atoms with Gasteiger partial charge in [0.05, 0.1) is 7.11 Å². The molecule has 0 aliphatic rings. The van der Waals surface area contributed by atoms with Crippen molar-refractivity contribution in [2.24, 2.45) is 12.1 Å². The van der Waals surface area contributed by atoms with Gasteiger partial charge in [0.2, 0.25) is 0 Å². The molecule has 150 valence electrons. The van der Waals surface area contributed by atoms with E-state index in [1.54, 1.807) is 37.3 Å². The van der Waals surface area contributed by atoms with Crippen molar-refractivity contribution < 1.29 is 9.53 Å². The van der Waals surface area contributed by atoms with E-state index in [4.69, 9.17) is 4.74 Å². The molecule has 0 aliphatic carbocycles. The molecule has 0 unspecified atom stereocenters. The molecule has 2 aromatic carbocycles. The van der Waals surface area contributed by atoms with Crippen LogP contribution in [0.25, 0.3) is 0 Å². The topological polar surface area (TPSA) is 81.4 Å². The molecule has 0 radical (unpaired) electrons. The summed E-state index contributed by atoms with van der Waals surface area (Å²) in [5.74, 6) is 1.34. The van der Waals surface area contributed by atoms with Gasteiger partial charge in [0.1, 0.15) is 12.1 Å². The van der Waals surface area contributed by atoms with E-state index in [0.29, 0.717) is 12.0 Å². The van der Waals surface area contributed by atoms with E-state index in [1.807, 2.05) is 54.9 Å². The molecular formula is C21H23N5O2S. The van der Waals surface area contributed by atoms with E-state index >= 15 is 0 Å². The third-order valence-corrected chi connectivity index (χ3v) is 5.33. The van der Waals surface area contributed by atoms with Gasteiger partial charge in [0.25, 0.3) is 5.91 Å². The number of amides is 1. The van der Waals surface area contributed by atoms with Crippen LogP contribution in [0.2, 0.25) is 0 Å². The fourth-order valence-electron chi connectivity index (χ4n) is 2.59. The largest absolute Gasteiger partial charge is 0.497 e. The monoisotopic (exact) mass is 409 g/mol. The lowest BCUT2D eigenvalue weighted by Crippen LogP contribution is -2.19. The van der Waals surface area contributed by atoms with E-state index < -0.39 is 0 Å². The molecule has 0 saturated carbocycles. The number of nitrogens with one attached hydrogen (secondary N) is 1. The summed E-state index contributed by atoms with van der Waals surface area (Å²) in [4.78, 5) is 12.3. The first-order valence-electron chi connectivity index (χ1n) is 9.07. The van der Waals surface area contributed by atoms with Crippen molar-refractivity contribution in [3.63, 3.8) is 0 Å². The number of carbonyl (C=O) groups excluding carboxylic acids is 1. The van der Waals surface area contributed by atoms with Crippen LogP contribution in [0, 0.1) is 0 Å². The van der Waals surface area contributed by atoms with Gasteiger partial charge in [-0.05, 0) is 42.3 Å². The predicted octanol–water partition coefficient (Wildman–Crippen LogP) is 3.46. The first kappa shape index (κ1) is 20.6. The Balaban J connectivity index is 1.51. The number of hydrogen-bond donors (Lipinski definition) is 1. The van der Waals surface area contributed by atoms with Crippen molar-refractivity contribution in [1.82, 2.24) is 20.2 Å². The number of hydrazone groups is 1. The molecule has 0 atom stereocenters. The molecule has 1 amide bonds. The smallest absolute Gasteiger partial charge is 0.271 e. The Morgan fingerprint density at radius 1 is 1.14 bits per heavy atom. The zero-order chi connectivity index (χ0) is 20.6. The normalized spacial score (nSPS) is 11.3. The second-order valence-electron chi connectivity index (χ2n) is 6.52. The SMILES string of the molecule is COc1ccc(C/C(C)=N\NC(=O)c2ccc(CSc3nncn3C)cc2)cc1. The second-order valence-corrected chi connectivity index (χ2v) is 7.47. The molecule has 8 heteroatoms. The minimum absolute atomic E-state index is 0.230. The summed E-state index contributed by atoms with van der Waals surface area (Å²) < 4.78 is 7.03. The molecule has 3 rings (SSSR count). The lowest BCUT2D eigenvalue weighted by Gasteiger charge is -2.06. The van der Waals surface area contributed by atoms with Gasteiger partial charge in [-0.3, -0.25) is 4.79 Å². The number of aryl methyl sites for hydroxylation is 1. The molecule has 0 fully saturated rings. The summed E-state index contributed by atoms with van der Waals surface area (Å²) >= 11 is 1.60. The van der Waals surface area contributed by atoms with E-state index in [9.17, 15) is 4.79 Å². The van der Waals surface area contributed by atoms with Gasteiger partial charge < -0.3 is 9.30 Å². The Bertz CT molecular complexity index is 981. The highest BCUT2D eigenvalue weighted by molar-refractivity contribution is 7.98. The zero-order valence-corrected chi connectivity index (χ0v) is 17.4. The third kappa shape index (κ3) is 5.92. The summed E-state index contributed by atoms with van der Waals surface area (Å²) in [6, 6.07) is 15.3. The Hall–Kier alpha value is -3.13. The lowest BCUT2D eigenvalue weighted by atomic mass is 10.1. The van der Waals surface area contributed by atoms with Crippen LogP contribution >= 0.6 is 11.8 Å². The van der Waals surface area contributed by atoms with E-state index in [-0.39, 0.29) is 5.91 Å². The Kier molecular flexibility index (Phi) is 7.02. The predicted molar refractivity (Wildman–Crippen MR) is 114 cm³/mol. The summed E-state index contributed by atoms with van der Waals surface area (Å²) in [6.07, 6.45) is 2.33. The van der Waals surface area contributed by atoms with Gasteiger partial charge >= 0.3 is 0 Å². The molecule has 1 heterocycles. The maximum Gasteiger partial charge on any atom is 0.271 e. The van der Waals surface area contributed by atoms with Crippen LogP contribution in [0.1, 0.15) is 28.4 Å². The van der Waals surface area contributed by atoms with Crippen molar-refractivity contribution in [3.05, 3.63) is 71.5 Å². The first-order valence-corrected chi connectivity index (χ1v) is 10.1. The molecule has 0 bridgehead atoms. The number of nitrogens with zero attached hydrogens (tertiary/aromatic N) is 4. The molecular weight excluding hydrogens is 386 g/mol. The Morgan fingerprint density at radius 3 is 2.45 bits per heavy atom. The van der Waals surface area contributed by atoms with E-state index in [2.05, 4.69) is 20.7 Å². The first-order chi connectivity index (χ1) is 14.0. The molecule has 3 aromatic rings. The fraction of sp³-hybridized carbons (Fsp3) is 0.238. The number of benzene rings is 2. The number of hydrogen-bond acceptors (Lipinski definition) is 6. The third-order valence-electron chi connectivity index (χ3n) is 4.22. The van der Waals surface area contributed by atoms with Crippen molar-refractivity contribution >= 4 is 23.4 Å². The molecule has 7 nitrogen and oxygen atoms in total.